The highest BCUT2D eigenvalue weighted by atomic mass is 16.1. The molecular formula is C17H22N2O. The number of fused-ring (bicyclic) bond motifs is 4. The predicted molar refractivity (Wildman–Crippen MR) is 81.8 cm³/mol. The Balaban J connectivity index is 2.34. The van der Waals surface area contributed by atoms with E-state index in [2.05, 4.69) is 50.0 Å². The first-order valence-electron chi connectivity index (χ1n) is 7.23. The van der Waals surface area contributed by atoms with Gasteiger partial charge in [-0.05, 0) is 58.0 Å². The predicted octanol–water partition coefficient (Wildman–Crippen LogP) is 2.60. The van der Waals surface area contributed by atoms with Crippen molar-refractivity contribution in [1.29, 1.82) is 0 Å². The van der Waals surface area contributed by atoms with Crippen molar-refractivity contribution in [3.63, 3.8) is 0 Å². The third-order valence-corrected chi connectivity index (χ3v) is 4.84. The van der Waals surface area contributed by atoms with Crippen LogP contribution in [0.3, 0.4) is 0 Å². The fourth-order valence-corrected chi connectivity index (χ4v) is 4.12. The maximum absolute atomic E-state index is 11.7. The van der Waals surface area contributed by atoms with E-state index < -0.39 is 0 Å². The Bertz CT molecular complexity index is 666. The van der Waals surface area contributed by atoms with E-state index in [-0.39, 0.29) is 11.1 Å². The van der Waals surface area contributed by atoms with E-state index in [0.29, 0.717) is 5.92 Å². The summed E-state index contributed by atoms with van der Waals surface area (Å²) in [5, 5.41) is 0. The first kappa shape index (κ1) is 13.4. The van der Waals surface area contributed by atoms with Gasteiger partial charge in [-0.25, -0.2) is 0 Å². The van der Waals surface area contributed by atoms with Crippen molar-refractivity contribution < 1.29 is 0 Å². The summed E-state index contributed by atoms with van der Waals surface area (Å²) >= 11 is 0. The zero-order valence-electron chi connectivity index (χ0n) is 12.7. The van der Waals surface area contributed by atoms with E-state index in [1.165, 1.54) is 16.7 Å². The van der Waals surface area contributed by atoms with Crippen LogP contribution in [-0.4, -0.2) is 24.0 Å². The van der Waals surface area contributed by atoms with Crippen molar-refractivity contribution in [3.05, 3.63) is 57.0 Å². The second kappa shape index (κ2) is 4.45. The molecule has 20 heavy (non-hydrogen) atoms. The minimum Gasteiger partial charge on any atom is -0.326 e. The fraction of sp³-hybridized carbons (Fsp3) is 0.471. The molecule has 3 nitrogen and oxygen atoms in total. The van der Waals surface area contributed by atoms with Gasteiger partial charge in [-0.2, -0.15) is 0 Å². The highest BCUT2D eigenvalue weighted by molar-refractivity contribution is 5.49. The van der Waals surface area contributed by atoms with Gasteiger partial charge in [-0.1, -0.05) is 17.7 Å². The van der Waals surface area contributed by atoms with Crippen LogP contribution in [0.25, 0.3) is 0 Å². The minimum absolute atomic E-state index is 0.000333. The van der Waals surface area contributed by atoms with E-state index in [9.17, 15) is 4.79 Å². The minimum atomic E-state index is -0.101. The molecule has 3 rings (SSSR count). The fourth-order valence-electron chi connectivity index (χ4n) is 4.12. The number of aromatic nitrogens is 1. The van der Waals surface area contributed by atoms with E-state index in [1.54, 1.807) is 6.07 Å². The smallest absolute Gasteiger partial charge is 0.248 e. The number of aromatic amines is 1. The SMILES string of the molecule is C/C=C1\C2C=C(C)C[C@@]1(N(C)C)c1ccc(=O)[nH]c1C2. The Labute approximate surface area is 120 Å². The zero-order chi connectivity index (χ0) is 14.5. The second-order valence-electron chi connectivity index (χ2n) is 6.21. The highest BCUT2D eigenvalue weighted by Gasteiger charge is 2.48. The van der Waals surface area contributed by atoms with Crippen molar-refractivity contribution in [2.45, 2.75) is 32.2 Å². The summed E-state index contributed by atoms with van der Waals surface area (Å²) in [6, 6.07) is 3.68. The third kappa shape index (κ3) is 1.66. The summed E-state index contributed by atoms with van der Waals surface area (Å²) in [4.78, 5) is 17.0. The lowest BCUT2D eigenvalue weighted by Crippen LogP contribution is -2.50. The van der Waals surface area contributed by atoms with Gasteiger partial charge < -0.3 is 4.98 Å². The monoisotopic (exact) mass is 270 g/mol. The summed E-state index contributed by atoms with van der Waals surface area (Å²) < 4.78 is 0. The van der Waals surface area contributed by atoms with E-state index >= 15 is 0 Å². The van der Waals surface area contributed by atoms with Crippen LogP contribution < -0.4 is 5.56 Å². The first-order valence-corrected chi connectivity index (χ1v) is 7.23. The van der Waals surface area contributed by atoms with Crippen LogP contribution in [0.1, 0.15) is 31.5 Å². The number of hydrogen-bond acceptors (Lipinski definition) is 2. The Morgan fingerprint density at radius 3 is 2.80 bits per heavy atom. The molecule has 1 aromatic rings. The molecule has 106 valence electrons. The molecule has 1 unspecified atom stereocenters. The average molecular weight is 270 g/mol. The molecular weight excluding hydrogens is 248 g/mol. The number of pyridine rings is 1. The van der Waals surface area contributed by atoms with Gasteiger partial charge in [-0.3, -0.25) is 9.69 Å². The largest absolute Gasteiger partial charge is 0.326 e. The van der Waals surface area contributed by atoms with Crippen LogP contribution in [0.5, 0.6) is 0 Å². The van der Waals surface area contributed by atoms with Crippen molar-refractivity contribution in [1.82, 2.24) is 9.88 Å². The summed E-state index contributed by atoms with van der Waals surface area (Å²) in [5.41, 5.74) is 5.17. The molecule has 0 saturated carbocycles. The van der Waals surface area contributed by atoms with Crippen LogP contribution in [-0.2, 0) is 12.0 Å². The normalized spacial score (nSPS) is 30.4. The molecule has 0 aromatic carbocycles. The Morgan fingerprint density at radius 2 is 2.15 bits per heavy atom. The van der Waals surface area contributed by atoms with Crippen molar-refractivity contribution in [3.8, 4) is 0 Å². The van der Waals surface area contributed by atoms with Gasteiger partial charge in [0.05, 0.1) is 5.54 Å². The first-order chi connectivity index (χ1) is 9.49. The van der Waals surface area contributed by atoms with Crippen LogP contribution >= 0.6 is 0 Å². The number of allylic oxidation sites excluding steroid dienone is 2. The summed E-state index contributed by atoms with van der Waals surface area (Å²) in [5.74, 6) is 0.404. The maximum atomic E-state index is 11.7. The number of H-pyrrole nitrogens is 1. The molecule has 0 saturated heterocycles. The van der Waals surface area contributed by atoms with Gasteiger partial charge >= 0.3 is 0 Å². The lowest BCUT2D eigenvalue weighted by molar-refractivity contribution is 0.162. The second-order valence-corrected chi connectivity index (χ2v) is 6.21. The number of rotatable bonds is 1. The standard InChI is InChI=1S/C17H22N2O/c1-5-13-12-8-11(2)10-17(13,19(3)4)14-6-7-16(20)18-15(14)9-12/h5-8,12H,9-10H2,1-4H3,(H,18,20)/b13-5+/t12?,17-/m0/s1. The number of nitrogens with zero attached hydrogens (tertiary/aromatic N) is 1. The molecule has 0 amide bonds. The molecule has 2 atom stereocenters. The van der Waals surface area contributed by atoms with Gasteiger partial charge in [-0.15, -0.1) is 0 Å². The lowest BCUT2D eigenvalue weighted by atomic mass is 9.62. The topological polar surface area (TPSA) is 36.1 Å². The van der Waals surface area contributed by atoms with Gasteiger partial charge in [0.15, 0.2) is 0 Å². The molecule has 0 spiro atoms. The third-order valence-electron chi connectivity index (χ3n) is 4.84. The van der Waals surface area contributed by atoms with E-state index in [0.717, 1.165) is 18.5 Å². The molecule has 3 heteroatoms. The summed E-state index contributed by atoms with van der Waals surface area (Å²) in [6.07, 6.45) is 6.53. The van der Waals surface area contributed by atoms with Gasteiger partial charge in [0, 0.05) is 17.7 Å². The molecule has 2 aliphatic carbocycles. The van der Waals surface area contributed by atoms with Gasteiger partial charge in [0.2, 0.25) is 5.56 Å². The number of likely N-dealkylation sites (N-methyl/N-ethyl adjacent to an activating group) is 1. The maximum Gasteiger partial charge on any atom is 0.248 e. The molecule has 2 aliphatic rings. The Hall–Kier alpha value is -1.61. The summed E-state index contributed by atoms with van der Waals surface area (Å²) in [7, 11) is 4.28. The molecule has 2 bridgehead atoms. The van der Waals surface area contributed by atoms with Crippen LogP contribution in [0.4, 0.5) is 0 Å². The summed E-state index contributed by atoms with van der Waals surface area (Å²) in [6.45, 7) is 4.35. The molecule has 0 radical (unpaired) electrons. The van der Waals surface area contributed by atoms with Crippen molar-refractivity contribution in [2.75, 3.05) is 14.1 Å². The number of nitrogens with one attached hydrogen (secondary N) is 1. The Kier molecular flexibility index (Phi) is 2.98. The van der Waals surface area contributed by atoms with Gasteiger partial charge in [0.25, 0.3) is 0 Å². The van der Waals surface area contributed by atoms with Crippen LogP contribution in [0.15, 0.2) is 40.2 Å². The molecule has 1 heterocycles. The van der Waals surface area contributed by atoms with Crippen LogP contribution in [0, 0.1) is 5.92 Å². The molecule has 1 N–H and O–H groups in total. The molecule has 1 aromatic heterocycles. The van der Waals surface area contributed by atoms with Gasteiger partial charge in [0.1, 0.15) is 0 Å². The molecule has 0 fully saturated rings. The average Bonchev–Trinajstić information content (AvgIpc) is 2.36. The van der Waals surface area contributed by atoms with Crippen LogP contribution in [0.2, 0.25) is 0 Å². The van der Waals surface area contributed by atoms with Crippen molar-refractivity contribution >= 4 is 0 Å². The highest BCUT2D eigenvalue weighted by Crippen LogP contribution is 2.51. The van der Waals surface area contributed by atoms with E-state index in [4.69, 9.17) is 0 Å². The van der Waals surface area contributed by atoms with Crippen molar-refractivity contribution in [2.24, 2.45) is 5.92 Å². The van der Waals surface area contributed by atoms with E-state index in [1.807, 2.05) is 6.07 Å². The molecule has 0 aliphatic heterocycles. The number of hydrogen-bond donors (Lipinski definition) is 1. The Morgan fingerprint density at radius 1 is 1.40 bits per heavy atom. The lowest BCUT2D eigenvalue weighted by Gasteiger charge is -2.51. The quantitative estimate of drug-likeness (QED) is 0.796. The zero-order valence-corrected chi connectivity index (χ0v) is 12.7.